The maximum atomic E-state index is 5.12. The summed E-state index contributed by atoms with van der Waals surface area (Å²) >= 11 is 3.22. The van der Waals surface area contributed by atoms with Gasteiger partial charge in [0.15, 0.2) is 0 Å². The average molecular weight is 259 g/mol. The van der Waals surface area contributed by atoms with E-state index in [0.29, 0.717) is 4.80 Å². The second-order valence-corrected chi connectivity index (χ2v) is 4.46. The summed E-state index contributed by atoms with van der Waals surface area (Å²) in [5, 5.41) is 0. The van der Waals surface area contributed by atoms with Crippen molar-refractivity contribution >= 4 is 15.9 Å². The molecule has 0 aromatic carbocycles. The molecule has 0 spiro atoms. The fraction of sp³-hybridized carbons (Fsp3) is 0.700. The largest absolute Gasteiger partial charge is 0.439 e. The highest BCUT2D eigenvalue weighted by molar-refractivity contribution is 9.10. The molecule has 0 aliphatic carbocycles. The molecule has 0 unspecified atom stereocenters. The molecule has 0 bridgehead atoms. The van der Waals surface area contributed by atoms with E-state index in [1.807, 2.05) is 0 Å². The number of halogens is 1. The van der Waals surface area contributed by atoms with Crippen molar-refractivity contribution in [3.63, 3.8) is 0 Å². The van der Waals surface area contributed by atoms with Crippen molar-refractivity contribution in [3.8, 4) is 0 Å². The second-order valence-electron chi connectivity index (χ2n) is 3.78. The smallest absolute Gasteiger partial charge is 0.264 e. The molecule has 3 nitrogen and oxygen atoms in total. The van der Waals surface area contributed by atoms with E-state index in [2.05, 4.69) is 25.8 Å². The lowest BCUT2D eigenvalue weighted by molar-refractivity contribution is 0.273. The van der Waals surface area contributed by atoms with E-state index in [0.717, 1.165) is 12.2 Å². The monoisotopic (exact) mass is 258 g/mol. The Kier molecular flexibility index (Phi) is 3.59. The molecule has 0 amide bonds. The summed E-state index contributed by atoms with van der Waals surface area (Å²) in [4.78, 5) is 7.28. The highest BCUT2D eigenvalue weighted by Gasteiger charge is 2.11. The van der Waals surface area contributed by atoms with Gasteiger partial charge >= 0.3 is 0 Å². The number of hydrogen-bond donors (Lipinski definition) is 0. The van der Waals surface area contributed by atoms with Gasteiger partial charge in [-0.05, 0) is 25.9 Å². The first kappa shape index (κ1) is 10.2. The maximum Gasteiger partial charge on any atom is 0.264 e. The first-order valence-electron chi connectivity index (χ1n) is 5.17. The quantitative estimate of drug-likeness (QED) is 0.817. The van der Waals surface area contributed by atoms with E-state index in [1.54, 1.807) is 6.26 Å². The molecule has 78 valence electrons. The average Bonchev–Trinajstić information content (AvgIpc) is 2.43. The third-order valence-corrected chi connectivity index (χ3v) is 2.97. The number of aromatic nitrogens is 1. The van der Waals surface area contributed by atoms with Crippen LogP contribution in [0.25, 0.3) is 0 Å². The number of nitrogens with zero attached hydrogens (tertiary/aromatic N) is 2. The zero-order valence-electron chi connectivity index (χ0n) is 8.21. The van der Waals surface area contributed by atoms with Crippen molar-refractivity contribution in [2.75, 3.05) is 13.1 Å². The highest BCUT2D eigenvalue weighted by atomic mass is 79.9. The van der Waals surface area contributed by atoms with E-state index < -0.39 is 0 Å². The fourth-order valence-corrected chi connectivity index (χ4v) is 2.20. The van der Waals surface area contributed by atoms with Gasteiger partial charge in [-0.1, -0.05) is 12.8 Å². The molecule has 0 saturated carbocycles. The molecule has 0 atom stereocenters. The van der Waals surface area contributed by atoms with Gasteiger partial charge in [-0.25, -0.2) is 4.98 Å². The van der Waals surface area contributed by atoms with Gasteiger partial charge in [0, 0.05) is 22.5 Å². The van der Waals surface area contributed by atoms with Crippen molar-refractivity contribution in [2.24, 2.45) is 0 Å². The molecular weight excluding hydrogens is 244 g/mol. The molecule has 14 heavy (non-hydrogen) atoms. The number of likely N-dealkylation sites (tertiary alicyclic amines) is 1. The van der Waals surface area contributed by atoms with Gasteiger partial charge < -0.3 is 4.42 Å². The van der Waals surface area contributed by atoms with E-state index in [4.69, 9.17) is 4.42 Å². The van der Waals surface area contributed by atoms with Gasteiger partial charge in [-0.3, -0.25) is 4.90 Å². The minimum atomic E-state index is 0.585. The molecular formula is C10H15BrN2O. The van der Waals surface area contributed by atoms with Crippen LogP contribution in [0.5, 0.6) is 0 Å². The SMILES string of the molecule is Brc1nc(CN2CCCCCC2)co1. The van der Waals surface area contributed by atoms with E-state index in [-0.39, 0.29) is 0 Å². The van der Waals surface area contributed by atoms with Crippen molar-refractivity contribution in [1.29, 1.82) is 0 Å². The van der Waals surface area contributed by atoms with Crippen molar-refractivity contribution in [1.82, 2.24) is 9.88 Å². The highest BCUT2D eigenvalue weighted by Crippen LogP contribution is 2.14. The van der Waals surface area contributed by atoms with Gasteiger partial charge in [0.05, 0.1) is 5.69 Å². The molecule has 2 heterocycles. The van der Waals surface area contributed by atoms with E-state index in [1.165, 1.54) is 38.8 Å². The Hall–Kier alpha value is -0.350. The standard InChI is InChI=1S/C10H15BrN2O/c11-10-12-9(8-14-10)7-13-5-3-1-2-4-6-13/h8H,1-7H2. The van der Waals surface area contributed by atoms with Crippen LogP contribution in [0.2, 0.25) is 0 Å². The zero-order valence-corrected chi connectivity index (χ0v) is 9.79. The lowest BCUT2D eigenvalue weighted by Gasteiger charge is -2.17. The minimum absolute atomic E-state index is 0.585. The van der Waals surface area contributed by atoms with Crippen LogP contribution in [-0.4, -0.2) is 23.0 Å². The number of rotatable bonds is 2. The van der Waals surface area contributed by atoms with Gasteiger partial charge in [0.25, 0.3) is 4.80 Å². The zero-order chi connectivity index (χ0) is 9.80. The van der Waals surface area contributed by atoms with Crippen LogP contribution in [0.1, 0.15) is 31.4 Å². The summed E-state index contributed by atoms with van der Waals surface area (Å²) in [6.45, 7) is 3.32. The van der Waals surface area contributed by atoms with Crippen LogP contribution in [0, 0.1) is 0 Å². The summed E-state index contributed by atoms with van der Waals surface area (Å²) in [5.41, 5.74) is 1.03. The first-order valence-corrected chi connectivity index (χ1v) is 5.96. The van der Waals surface area contributed by atoms with Crippen LogP contribution in [0.3, 0.4) is 0 Å². The fourth-order valence-electron chi connectivity index (χ4n) is 1.88. The molecule has 1 aromatic rings. The van der Waals surface area contributed by atoms with Crippen molar-refractivity contribution < 1.29 is 4.42 Å². The Bertz CT molecular complexity index is 279. The van der Waals surface area contributed by atoms with E-state index in [9.17, 15) is 0 Å². The van der Waals surface area contributed by atoms with Crippen molar-refractivity contribution in [2.45, 2.75) is 32.2 Å². The molecule has 1 aliphatic rings. The molecule has 0 radical (unpaired) electrons. The van der Waals surface area contributed by atoms with Crippen molar-refractivity contribution in [3.05, 3.63) is 16.8 Å². The lowest BCUT2D eigenvalue weighted by Crippen LogP contribution is -2.24. The second kappa shape index (κ2) is 4.94. The molecule has 1 aromatic heterocycles. The van der Waals surface area contributed by atoms with Gasteiger partial charge in [0.2, 0.25) is 0 Å². The van der Waals surface area contributed by atoms with Crippen LogP contribution in [0.15, 0.2) is 15.5 Å². The number of hydrogen-bond acceptors (Lipinski definition) is 3. The van der Waals surface area contributed by atoms with E-state index >= 15 is 0 Å². The Morgan fingerprint density at radius 3 is 2.57 bits per heavy atom. The molecule has 4 heteroatoms. The Labute approximate surface area is 92.6 Å². The predicted octanol–water partition coefficient (Wildman–Crippen LogP) is 2.81. The van der Waals surface area contributed by atoms with Gasteiger partial charge in [-0.2, -0.15) is 0 Å². The van der Waals surface area contributed by atoms with Gasteiger partial charge in [-0.15, -0.1) is 0 Å². The molecule has 1 fully saturated rings. The summed E-state index contributed by atoms with van der Waals surface area (Å²) in [7, 11) is 0. The van der Waals surface area contributed by atoms with Gasteiger partial charge in [0.1, 0.15) is 6.26 Å². The normalized spacial score (nSPS) is 19.5. The summed E-state index contributed by atoms with van der Waals surface area (Å²) in [6.07, 6.45) is 7.12. The molecule has 2 rings (SSSR count). The minimum Gasteiger partial charge on any atom is -0.439 e. The maximum absolute atomic E-state index is 5.12. The molecule has 0 N–H and O–H groups in total. The van der Waals surface area contributed by atoms with Crippen LogP contribution < -0.4 is 0 Å². The van der Waals surface area contributed by atoms with Crippen LogP contribution in [-0.2, 0) is 6.54 Å². The third-order valence-electron chi connectivity index (χ3n) is 2.61. The third kappa shape index (κ3) is 2.82. The van der Waals surface area contributed by atoms with Crippen LogP contribution >= 0.6 is 15.9 Å². The predicted molar refractivity (Wildman–Crippen MR) is 57.9 cm³/mol. The number of oxazole rings is 1. The first-order chi connectivity index (χ1) is 6.84. The Morgan fingerprint density at radius 1 is 1.29 bits per heavy atom. The Balaban J connectivity index is 1.89. The van der Waals surface area contributed by atoms with Crippen LogP contribution in [0.4, 0.5) is 0 Å². The lowest BCUT2D eigenvalue weighted by atomic mass is 10.2. The summed E-state index contributed by atoms with van der Waals surface area (Å²) in [5.74, 6) is 0. The molecule has 1 saturated heterocycles. The summed E-state index contributed by atoms with van der Waals surface area (Å²) in [6, 6.07) is 0. The Morgan fingerprint density at radius 2 is 2.00 bits per heavy atom. The summed E-state index contributed by atoms with van der Waals surface area (Å²) < 4.78 is 5.12. The topological polar surface area (TPSA) is 29.3 Å². The molecule has 1 aliphatic heterocycles.